The topological polar surface area (TPSA) is 29.5 Å². The molecular weight excluding hydrogens is 267 g/mol. The van der Waals surface area contributed by atoms with E-state index >= 15 is 0 Å². The first-order valence-corrected chi connectivity index (χ1v) is 7.24. The third kappa shape index (κ3) is 2.32. The van der Waals surface area contributed by atoms with Gasteiger partial charge in [0.05, 0.1) is 13.2 Å². The minimum absolute atomic E-state index is 0.347. The van der Waals surface area contributed by atoms with Crippen molar-refractivity contribution in [1.82, 2.24) is 0 Å². The second-order valence-electron chi connectivity index (χ2n) is 5.67. The van der Waals surface area contributed by atoms with Gasteiger partial charge in [-0.1, -0.05) is 36.8 Å². The van der Waals surface area contributed by atoms with Crippen LogP contribution in [0.5, 0.6) is 5.75 Å². The molecule has 0 radical (unpaired) electrons. The molecule has 3 rings (SSSR count). The van der Waals surface area contributed by atoms with E-state index in [0.29, 0.717) is 11.3 Å². The molecule has 0 aliphatic heterocycles. The molecule has 1 atom stereocenters. The molecule has 0 bridgehead atoms. The monoisotopic (exact) mass is 286 g/mol. The molecule has 1 N–H and O–H groups in total. The maximum atomic E-state index is 14.3. The first-order chi connectivity index (χ1) is 10.2. The van der Waals surface area contributed by atoms with Crippen LogP contribution in [0.3, 0.4) is 0 Å². The summed E-state index contributed by atoms with van der Waals surface area (Å²) in [4.78, 5) is 0. The number of rotatable bonds is 4. The maximum absolute atomic E-state index is 14.3. The minimum Gasteiger partial charge on any atom is -0.497 e. The van der Waals surface area contributed by atoms with Crippen molar-refractivity contribution in [1.29, 1.82) is 0 Å². The summed E-state index contributed by atoms with van der Waals surface area (Å²) in [5.41, 5.74) is 1.06. The number of hydrogen-bond acceptors (Lipinski definition) is 2. The zero-order chi connectivity index (χ0) is 14.9. The van der Waals surface area contributed by atoms with Crippen LogP contribution in [0, 0.1) is 5.82 Å². The second kappa shape index (κ2) is 5.49. The van der Waals surface area contributed by atoms with E-state index in [2.05, 4.69) is 0 Å². The molecule has 1 aliphatic rings. The Hall–Kier alpha value is -1.87. The van der Waals surface area contributed by atoms with E-state index in [1.54, 1.807) is 12.1 Å². The fourth-order valence-corrected chi connectivity index (χ4v) is 3.20. The summed E-state index contributed by atoms with van der Waals surface area (Å²) < 4.78 is 19.3. The number of ether oxygens (including phenoxy) is 1. The summed E-state index contributed by atoms with van der Waals surface area (Å²) >= 11 is 0. The van der Waals surface area contributed by atoms with Crippen molar-refractivity contribution in [3.63, 3.8) is 0 Å². The second-order valence-corrected chi connectivity index (χ2v) is 5.67. The molecule has 3 heteroatoms. The Kier molecular flexibility index (Phi) is 3.68. The molecule has 1 aliphatic carbocycles. The lowest BCUT2D eigenvalue weighted by atomic mass is 9.60. The third-order valence-corrected chi connectivity index (χ3v) is 4.62. The largest absolute Gasteiger partial charge is 0.497 e. The lowest BCUT2D eigenvalue weighted by molar-refractivity contribution is 0.0243. The Bertz CT molecular complexity index is 620. The minimum atomic E-state index is -0.834. The summed E-state index contributed by atoms with van der Waals surface area (Å²) in [6.07, 6.45) is 1.98. The number of benzene rings is 2. The Morgan fingerprint density at radius 1 is 1.14 bits per heavy atom. The van der Waals surface area contributed by atoms with Crippen molar-refractivity contribution in [3.05, 3.63) is 65.5 Å². The van der Waals surface area contributed by atoms with Crippen molar-refractivity contribution in [2.24, 2.45) is 0 Å². The van der Waals surface area contributed by atoms with Gasteiger partial charge < -0.3 is 9.84 Å². The van der Waals surface area contributed by atoms with Crippen molar-refractivity contribution >= 4 is 0 Å². The normalized spacial score (nSPS) is 17.9. The highest BCUT2D eigenvalue weighted by Gasteiger charge is 2.46. The summed E-state index contributed by atoms with van der Waals surface area (Å²) in [5.74, 6) is 0.0508. The molecule has 21 heavy (non-hydrogen) atoms. The molecule has 0 amide bonds. The molecule has 1 saturated carbocycles. The lowest BCUT2D eigenvalue weighted by Gasteiger charge is -2.46. The van der Waals surface area contributed by atoms with Gasteiger partial charge in [0.2, 0.25) is 0 Å². The van der Waals surface area contributed by atoms with Crippen LogP contribution in [-0.2, 0) is 5.41 Å². The zero-order valence-corrected chi connectivity index (χ0v) is 12.1. The van der Waals surface area contributed by atoms with E-state index in [9.17, 15) is 9.50 Å². The number of methoxy groups -OCH3 is 1. The van der Waals surface area contributed by atoms with Gasteiger partial charge in [-0.3, -0.25) is 0 Å². The quantitative estimate of drug-likeness (QED) is 0.921. The van der Waals surface area contributed by atoms with Gasteiger partial charge in [0, 0.05) is 17.0 Å². The standard InChI is InChI=1S/C18H19FO2/c1-21-14-8-9-15(16(19)12-14)17(20)18(10-5-11-18)13-6-3-2-4-7-13/h2-4,6-9,12,17,20H,5,10-11H2,1H3. The SMILES string of the molecule is COc1ccc(C(O)C2(c3ccccc3)CCC2)c(F)c1. The smallest absolute Gasteiger partial charge is 0.132 e. The first kappa shape index (κ1) is 14.1. The van der Waals surface area contributed by atoms with Gasteiger partial charge in [-0.05, 0) is 30.5 Å². The molecule has 1 fully saturated rings. The summed E-state index contributed by atoms with van der Waals surface area (Å²) in [7, 11) is 1.50. The molecule has 2 nitrogen and oxygen atoms in total. The summed E-state index contributed by atoms with van der Waals surface area (Å²) in [6, 6.07) is 14.6. The number of aliphatic hydroxyl groups is 1. The van der Waals surface area contributed by atoms with Crippen molar-refractivity contribution in [2.75, 3.05) is 7.11 Å². The van der Waals surface area contributed by atoms with Crippen LogP contribution < -0.4 is 4.74 Å². The van der Waals surface area contributed by atoms with E-state index in [1.165, 1.54) is 13.2 Å². The molecule has 110 valence electrons. The molecular formula is C18H19FO2. The molecule has 2 aromatic carbocycles. The Morgan fingerprint density at radius 2 is 1.86 bits per heavy atom. The van der Waals surface area contributed by atoms with Crippen molar-refractivity contribution in [3.8, 4) is 5.75 Å². The predicted molar refractivity (Wildman–Crippen MR) is 79.9 cm³/mol. The molecule has 1 unspecified atom stereocenters. The average Bonchev–Trinajstić information content (AvgIpc) is 2.47. The van der Waals surface area contributed by atoms with Crippen LogP contribution in [0.1, 0.15) is 36.5 Å². The van der Waals surface area contributed by atoms with E-state index in [4.69, 9.17) is 4.74 Å². The van der Waals surface area contributed by atoms with Gasteiger partial charge in [-0.25, -0.2) is 4.39 Å². The van der Waals surface area contributed by atoms with Crippen molar-refractivity contribution in [2.45, 2.75) is 30.8 Å². The molecule has 2 aromatic rings. The van der Waals surface area contributed by atoms with E-state index in [-0.39, 0.29) is 5.41 Å². The lowest BCUT2D eigenvalue weighted by Crippen LogP contribution is -2.40. The maximum Gasteiger partial charge on any atom is 0.132 e. The summed E-state index contributed by atoms with van der Waals surface area (Å²) in [6.45, 7) is 0. The fraction of sp³-hybridized carbons (Fsp3) is 0.333. The van der Waals surface area contributed by atoms with E-state index in [0.717, 1.165) is 24.8 Å². The Balaban J connectivity index is 1.98. The highest BCUT2D eigenvalue weighted by atomic mass is 19.1. The van der Waals surface area contributed by atoms with E-state index < -0.39 is 11.9 Å². The third-order valence-electron chi connectivity index (χ3n) is 4.62. The van der Waals surface area contributed by atoms with E-state index in [1.807, 2.05) is 30.3 Å². The number of halogens is 1. The Morgan fingerprint density at radius 3 is 2.38 bits per heavy atom. The van der Waals surface area contributed by atoms with Crippen molar-refractivity contribution < 1.29 is 14.2 Å². The number of aliphatic hydroxyl groups excluding tert-OH is 1. The van der Waals surface area contributed by atoms with Crippen LogP contribution in [0.2, 0.25) is 0 Å². The van der Waals surface area contributed by atoms with Crippen LogP contribution >= 0.6 is 0 Å². The molecule has 0 saturated heterocycles. The molecule has 0 heterocycles. The Labute approximate surface area is 124 Å². The first-order valence-electron chi connectivity index (χ1n) is 7.24. The molecule has 0 aromatic heterocycles. The highest BCUT2D eigenvalue weighted by molar-refractivity contribution is 5.37. The van der Waals surface area contributed by atoms with Gasteiger partial charge >= 0.3 is 0 Å². The summed E-state index contributed by atoms with van der Waals surface area (Å²) in [5, 5.41) is 10.8. The van der Waals surface area contributed by atoms with Gasteiger partial charge in [0.15, 0.2) is 0 Å². The predicted octanol–water partition coefficient (Wildman–Crippen LogP) is 3.99. The fourth-order valence-electron chi connectivity index (χ4n) is 3.20. The van der Waals surface area contributed by atoms with Crippen LogP contribution in [0.25, 0.3) is 0 Å². The number of hydrogen-bond donors (Lipinski definition) is 1. The van der Waals surface area contributed by atoms with Gasteiger partial charge in [-0.15, -0.1) is 0 Å². The average molecular weight is 286 g/mol. The van der Waals surface area contributed by atoms with Gasteiger partial charge in [0.25, 0.3) is 0 Å². The highest BCUT2D eigenvalue weighted by Crippen LogP contribution is 2.52. The molecule has 0 spiro atoms. The van der Waals surface area contributed by atoms with Crippen LogP contribution in [-0.4, -0.2) is 12.2 Å². The van der Waals surface area contributed by atoms with Crippen LogP contribution in [0.4, 0.5) is 4.39 Å². The van der Waals surface area contributed by atoms with Gasteiger partial charge in [-0.2, -0.15) is 0 Å². The van der Waals surface area contributed by atoms with Gasteiger partial charge in [0.1, 0.15) is 11.6 Å². The van der Waals surface area contributed by atoms with Crippen LogP contribution in [0.15, 0.2) is 48.5 Å². The zero-order valence-electron chi connectivity index (χ0n) is 12.1.